The van der Waals surface area contributed by atoms with Gasteiger partial charge in [-0.25, -0.2) is 13.4 Å². The average Bonchev–Trinajstić information content (AvgIpc) is 2.85. The lowest BCUT2D eigenvalue weighted by atomic mass is 10.3. The van der Waals surface area contributed by atoms with E-state index in [1.807, 2.05) is 12.4 Å². The van der Waals surface area contributed by atoms with Crippen molar-refractivity contribution >= 4 is 21.2 Å². The van der Waals surface area contributed by atoms with Crippen LogP contribution in [-0.4, -0.2) is 62.4 Å². The number of sulfone groups is 1. The van der Waals surface area contributed by atoms with E-state index >= 15 is 0 Å². The Hall–Kier alpha value is -0.540. The summed E-state index contributed by atoms with van der Waals surface area (Å²) in [5.41, 5.74) is 2.84. The van der Waals surface area contributed by atoms with Gasteiger partial charge in [0.05, 0.1) is 36.3 Å². The summed E-state index contributed by atoms with van der Waals surface area (Å²) >= 11 is 1.61. The maximum atomic E-state index is 11.3. The molecule has 0 aliphatic rings. The number of aromatic nitrogens is 1. The van der Waals surface area contributed by atoms with E-state index in [1.165, 1.54) is 4.88 Å². The molecule has 122 valence electrons. The summed E-state index contributed by atoms with van der Waals surface area (Å²) in [7, 11) is -2.95. The first-order valence-electron chi connectivity index (χ1n) is 7.00. The molecule has 0 amide bonds. The fourth-order valence-corrected chi connectivity index (χ4v) is 3.16. The zero-order valence-corrected chi connectivity index (χ0v) is 14.2. The molecule has 1 unspecified atom stereocenters. The van der Waals surface area contributed by atoms with Crippen molar-refractivity contribution in [2.45, 2.75) is 26.4 Å². The number of nitrogens with one attached hydrogen (secondary N) is 1. The average molecular weight is 336 g/mol. The molecule has 2 N–H and O–H groups in total. The molecule has 0 aliphatic heterocycles. The lowest BCUT2D eigenvalue weighted by Gasteiger charge is -2.12. The number of hydrogen-bond acceptors (Lipinski definition) is 7. The van der Waals surface area contributed by atoms with Gasteiger partial charge in [-0.05, 0) is 6.92 Å². The number of nitrogens with zero attached hydrogens (tertiary/aromatic N) is 1. The van der Waals surface area contributed by atoms with Crippen LogP contribution in [0, 0.1) is 6.92 Å². The minimum absolute atomic E-state index is 0.0989. The molecule has 0 bridgehead atoms. The monoisotopic (exact) mass is 336 g/mol. The van der Waals surface area contributed by atoms with Gasteiger partial charge in [0, 0.05) is 30.1 Å². The summed E-state index contributed by atoms with van der Waals surface area (Å²) in [6.07, 6.45) is 0.169. The third kappa shape index (κ3) is 7.87. The highest BCUT2D eigenvalue weighted by Crippen LogP contribution is 2.12. The molecule has 1 aromatic heterocycles. The van der Waals surface area contributed by atoms with E-state index in [1.54, 1.807) is 18.3 Å². The van der Waals surface area contributed by atoms with E-state index in [0.717, 1.165) is 12.1 Å². The Kier molecular flexibility index (Phi) is 8.35. The largest absolute Gasteiger partial charge is 0.389 e. The number of thiazole rings is 1. The van der Waals surface area contributed by atoms with Crippen LogP contribution in [0.2, 0.25) is 0 Å². The molecule has 21 heavy (non-hydrogen) atoms. The lowest BCUT2D eigenvalue weighted by molar-refractivity contribution is 0.0388. The number of aryl methyl sites for hydroxylation is 1. The van der Waals surface area contributed by atoms with Crippen molar-refractivity contribution in [2.24, 2.45) is 0 Å². The molecular weight excluding hydrogens is 312 g/mol. The maximum absolute atomic E-state index is 11.3. The number of aliphatic hydroxyl groups is 1. The summed E-state index contributed by atoms with van der Waals surface area (Å²) in [6, 6.07) is 0. The molecule has 0 saturated carbocycles. The van der Waals surface area contributed by atoms with E-state index in [-0.39, 0.29) is 18.1 Å². The van der Waals surface area contributed by atoms with Gasteiger partial charge in [0.15, 0.2) is 9.84 Å². The molecule has 0 saturated heterocycles. The summed E-state index contributed by atoms with van der Waals surface area (Å²) in [6.45, 7) is 5.07. The van der Waals surface area contributed by atoms with Gasteiger partial charge in [0.25, 0.3) is 0 Å². The van der Waals surface area contributed by atoms with Gasteiger partial charge in [0.1, 0.15) is 0 Å². The number of ether oxygens (including phenoxy) is 1. The van der Waals surface area contributed by atoms with Crippen LogP contribution in [0.15, 0.2) is 5.51 Å². The molecule has 0 aromatic carbocycles. The second-order valence-electron chi connectivity index (χ2n) is 4.78. The first kappa shape index (κ1) is 18.5. The van der Waals surface area contributed by atoms with Crippen LogP contribution in [0.4, 0.5) is 0 Å². The highest BCUT2D eigenvalue weighted by Gasteiger charge is 2.08. The molecule has 1 heterocycles. The molecule has 6 nitrogen and oxygen atoms in total. The Bertz CT molecular complexity index is 502. The van der Waals surface area contributed by atoms with E-state index in [4.69, 9.17) is 4.74 Å². The Labute approximate surface area is 130 Å². The summed E-state index contributed by atoms with van der Waals surface area (Å²) in [4.78, 5) is 5.36. The fourth-order valence-electron chi connectivity index (χ4n) is 1.65. The molecule has 1 aromatic rings. The smallest absolute Gasteiger partial charge is 0.151 e. The van der Waals surface area contributed by atoms with Crippen LogP contribution in [0.3, 0.4) is 0 Å². The second kappa shape index (κ2) is 9.47. The zero-order valence-electron chi connectivity index (χ0n) is 12.5. The lowest BCUT2D eigenvalue weighted by Crippen LogP contribution is -2.33. The van der Waals surface area contributed by atoms with Crippen LogP contribution in [0.5, 0.6) is 0 Å². The predicted octanol–water partition coefficient (Wildman–Crippen LogP) is 0.396. The molecule has 0 radical (unpaired) electrons. The van der Waals surface area contributed by atoms with Gasteiger partial charge in [-0.2, -0.15) is 0 Å². The number of rotatable bonds is 11. The first-order valence-corrected chi connectivity index (χ1v) is 9.70. The van der Waals surface area contributed by atoms with Crippen molar-refractivity contribution in [1.29, 1.82) is 0 Å². The van der Waals surface area contributed by atoms with Gasteiger partial charge in [-0.1, -0.05) is 6.92 Å². The highest BCUT2D eigenvalue weighted by molar-refractivity contribution is 7.91. The topological polar surface area (TPSA) is 88.5 Å². The van der Waals surface area contributed by atoms with Crippen molar-refractivity contribution in [3.05, 3.63) is 16.1 Å². The van der Waals surface area contributed by atoms with Crippen molar-refractivity contribution in [1.82, 2.24) is 10.3 Å². The molecule has 0 fully saturated rings. The quantitative estimate of drug-likeness (QED) is 0.569. The molecule has 0 aliphatic carbocycles. The second-order valence-corrected chi connectivity index (χ2v) is 8.19. The van der Waals surface area contributed by atoms with Crippen molar-refractivity contribution in [2.75, 3.05) is 37.8 Å². The third-order valence-electron chi connectivity index (χ3n) is 3.04. The van der Waals surface area contributed by atoms with E-state index in [2.05, 4.69) is 10.3 Å². The Morgan fingerprint density at radius 1 is 1.52 bits per heavy atom. The Morgan fingerprint density at radius 3 is 2.90 bits per heavy atom. The third-order valence-corrected chi connectivity index (χ3v) is 5.74. The molecule has 1 atom stereocenters. The Morgan fingerprint density at radius 2 is 2.29 bits per heavy atom. The fraction of sp³-hybridized carbons (Fsp3) is 0.769. The zero-order chi connectivity index (χ0) is 15.7. The van der Waals surface area contributed by atoms with Crippen molar-refractivity contribution in [3.8, 4) is 0 Å². The van der Waals surface area contributed by atoms with Gasteiger partial charge < -0.3 is 15.2 Å². The SMILES string of the molecule is CCS(=O)(=O)CCNCC(O)COCCc1scnc1C. The Balaban J connectivity index is 2.04. The molecule has 0 spiro atoms. The van der Waals surface area contributed by atoms with Gasteiger partial charge in [-0.3, -0.25) is 0 Å². The van der Waals surface area contributed by atoms with Crippen LogP contribution in [0.25, 0.3) is 0 Å². The van der Waals surface area contributed by atoms with E-state index < -0.39 is 15.9 Å². The number of aliphatic hydroxyl groups excluding tert-OH is 1. The van der Waals surface area contributed by atoms with E-state index in [9.17, 15) is 13.5 Å². The van der Waals surface area contributed by atoms with Crippen molar-refractivity contribution < 1.29 is 18.3 Å². The summed E-state index contributed by atoms with van der Waals surface area (Å²) in [5.74, 6) is 0.249. The van der Waals surface area contributed by atoms with Crippen LogP contribution >= 0.6 is 11.3 Å². The van der Waals surface area contributed by atoms with Crippen LogP contribution in [0.1, 0.15) is 17.5 Å². The molecule has 8 heteroatoms. The van der Waals surface area contributed by atoms with Gasteiger partial charge in [-0.15, -0.1) is 11.3 Å². The standard InChI is InChI=1S/C13H24N2O4S2/c1-3-21(17,18)7-5-14-8-12(16)9-19-6-4-13-11(2)15-10-20-13/h10,12,14,16H,3-9H2,1-2H3. The van der Waals surface area contributed by atoms with Crippen LogP contribution in [-0.2, 0) is 21.0 Å². The van der Waals surface area contributed by atoms with Gasteiger partial charge >= 0.3 is 0 Å². The number of hydrogen-bond donors (Lipinski definition) is 2. The summed E-state index contributed by atoms with van der Waals surface area (Å²) in [5, 5.41) is 12.6. The van der Waals surface area contributed by atoms with Crippen molar-refractivity contribution in [3.63, 3.8) is 0 Å². The molecular formula is C13H24N2O4S2. The van der Waals surface area contributed by atoms with Crippen LogP contribution < -0.4 is 5.32 Å². The normalized spacial score (nSPS) is 13.5. The van der Waals surface area contributed by atoms with Gasteiger partial charge in [0.2, 0.25) is 0 Å². The van der Waals surface area contributed by atoms with E-state index in [0.29, 0.717) is 19.7 Å². The summed E-state index contributed by atoms with van der Waals surface area (Å²) < 4.78 is 27.9. The minimum Gasteiger partial charge on any atom is -0.389 e. The minimum atomic E-state index is -2.95. The molecule has 1 rings (SSSR count). The first-order chi connectivity index (χ1) is 9.94. The highest BCUT2D eigenvalue weighted by atomic mass is 32.2. The predicted molar refractivity (Wildman–Crippen MR) is 84.6 cm³/mol. The maximum Gasteiger partial charge on any atom is 0.151 e.